The van der Waals surface area contributed by atoms with Gasteiger partial charge in [-0.15, -0.1) is 0 Å². The first-order valence-electron chi connectivity index (χ1n) is 17.3. The van der Waals surface area contributed by atoms with Gasteiger partial charge in [0, 0.05) is 47.0 Å². The van der Waals surface area contributed by atoms with E-state index in [1.807, 2.05) is 0 Å². The number of aliphatic hydroxyl groups is 2. The van der Waals surface area contributed by atoms with Crippen LogP contribution in [0.2, 0.25) is 0 Å². The first-order chi connectivity index (χ1) is 25.5. The largest absolute Gasteiger partial charge is 0.465 e. The number of nitrogens with zero attached hydrogens (tertiary/aromatic N) is 1. The lowest BCUT2D eigenvalue weighted by Crippen LogP contribution is -2.88. The van der Waals surface area contributed by atoms with Crippen LogP contribution < -0.4 is 0 Å². The highest BCUT2D eigenvalue weighted by Gasteiger charge is 2.91. The molecule has 1 aromatic rings. The Labute approximate surface area is 314 Å². The summed E-state index contributed by atoms with van der Waals surface area (Å²) in [6, 6.07) is 1.45. The summed E-state index contributed by atoms with van der Waals surface area (Å²) in [7, 11) is 0. The van der Waals surface area contributed by atoms with Crippen molar-refractivity contribution in [3.63, 3.8) is 0 Å². The van der Waals surface area contributed by atoms with Gasteiger partial charge >= 0.3 is 41.8 Å². The highest BCUT2D eigenvalue weighted by atomic mass is 16.7. The van der Waals surface area contributed by atoms with Gasteiger partial charge in [-0.05, 0) is 45.2 Å². The summed E-state index contributed by atoms with van der Waals surface area (Å²) in [5.74, 6) is -10.7. The van der Waals surface area contributed by atoms with Crippen molar-refractivity contribution >= 4 is 47.6 Å². The fraction of sp³-hybridized carbons (Fsp3) is 0.639. The van der Waals surface area contributed by atoms with Crippen LogP contribution in [0.15, 0.2) is 18.5 Å². The van der Waals surface area contributed by atoms with Gasteiger partial charge in [0.1, 0.15) is 35.9 Å². The second kappa shape index (κ2) is 14.2. The van der Waals surface area contributed by atoms with Crippen molar-refractivity contribution in [3.05, 3.63) is 29.6 Å². The summed E-state index contributed by atoms with van der Waals surface area (Å²) in [4.78, 5) is 111. The summed E-state index contributed by atoms with van der Waals surface area (Å²) in [6.07, 6.45) is -8.84. The second-order valence-electron chi connectivity index (χ2n) is 14.8. The lowest BCUT2D eigenvalue weighted by atomic mass is 9.45. The number of esters is 7. The lowest BCUT2D eigenvalue weighted by molar-refractivity contribution is -0.377. The minimum absolute atomic E-state index is 0.0929. The van der Waals surface area contributed by atoms with Crippen LogP contribution >= 0.6 is 0 Å². The molecule has 55 heavy (non-hydrogen) atoms. The van der Waals surface area contributed by atoms with Crippen LogP contribution in [0, 0.1) is 11.3 Å². The Morgan fingerprint density at radius 2 is 1.45 bits per heavy atom. The van der Waals surface area contributed by atoms with E-state index in [2.05, 4.69) is 4.98 Å². The van der Waals surface area contributed by atoms with Gasteiger partial charge in [0.25, 0.3) is 0 Å². The highest BCUT2D eigenvalue weighted by molar-refractivity contribution is 5.94. The summed E-state index contributed by atoms with van der Waals surface area (Å²) >= 11 is 0. The number of ether oxygens (including phenoxy) is 8. The summed E-state index contributed by atoms with van der Waals surface area (Å²) in [5, 5.41) is 24.7. The fourth-order valence-electron chi connectivity index (χ4n) is 8.62. The molecule has 2 aliphatic carbocycles. The van der Waals surface area contributed by atoms with Crippen LogP contribution in [-0.4, -0.2) is 129 Å². The van der Waals surface area contributed by atoms with E-state index < -0.39 is 131 Å². The minimum Gasteiger partial charge on any atom is -0.465 e. The average molecular weight is 778 g/mol. The van der Waals surface area contributed by atoms with Gasteiger partial charge in [0.05, 0.1) is 11.5 Å². The summed E-state index contributed by atoms with van der Waals surface area (Å²) in [6.45, 7) is 6.06. The molecule has 2 saturated carbocycles. The number of Topliss-reactive ketones (excluding diaryl/α,β-unsaturated/α-hetero) is 1. The van der Waals surface area contributed by atoms with Crippen LogP contribution in [0.3, 0.4) is 0 Å². The number of pyridine rings is 1. The van der Waals surface area contributed by atoms with Gasteiger partial charge in [-0.25, -0.2) is 9.59 Å². The first-order valence-corrected chi connectivity index (χ1v) is 17.3. The van der Waals surface area contributed by atoms with Gasteiger partial charge in [0.2, 0.25) is 0 Å². The Morgan fingerprint density at radius 3 is 2.04 bits per heavy atom. The van der Waals surface area contributed by atoms with Crippen molar-refractivity contribution in [2.75, 3.05) is 13.2 Å². The predicted molar refractivity (Wildman–Crippen MR) is 176 cm³/mol. The number of aromatic nitrogens is 1. The molecule has 300 valence electrons. The molecule has 1 unspecified atom stereocenters. The molecule has 1 saturated heterocycles. The van der Waals surface area contributed by atoms with E-state index in [4.69, 9.17) is 37.9 Å². The number of hydrogen-bond acceptors (Lipinski definition) is 19. The van der Waals surface area contributed by atoms with Gasteiger partial charge in [-0.2, -0.15) is 0 Å². The van der Waals surface area contributed by atoms with Crippen molar-refractivity contribution in [1.82, 2.24) is 4.98 Å². The minimum atomic E-state index is -2.93. The zero-order chi connectivity index (χ0) is 41.1. The van der Waals surface area contributed by atoms with E-state index in [-0.39, 0.29) is 17.5 Å². The molecule has 2 N–H and O–H groups in total. The second-order valence-corrected chi connectivity index (χ2v) is 14.8. The molecule has 1 spiro atoms. The van der Waals surface area contributed by atoms with Crippen molar-refractivity contribution in [1.29, 1.82) is 0 Å². The molecule has 3 fully saturated rings. The van der Waals surface area contributed by atoms with E-state index in [9.17, 15) is 43.8 Å². The SMILES string of the molecule is CC(=O)OC[C@]12[C@H](OC(C)=O)C(=O)[C@@H]3[C@@H](OC(C)=O)[C@@]14O[C@@]3(C)COC(=O)c1cnccc1CCC(C)(O)C(=O)O[C@@H]([C@H](OC(C)=O)[C@@H]2OC(C)=O)[C@]4(C)O. The van der Waals surface area contributed by atoms with Gasteiger partial charge < -0.3 is 48.1 Å². The zero-order valence-corrected chi connectivity index (χ0v) is 31.4. The van der Waals surface area contributed by atoms with E-state index in [1.165, 1.54) is 25.4 Å². The van der Waals surface area contributed by atoms with Gasteiger partial charge in [0.15, 0.2) is 41.4 Å². The maximum atomic E-state index is 15.1. The number of hydrogen-bond donors (Lipinski definition) is 2. The number of aryl methyl sites for hydroxylation is 1. The monoisotopic (exact) mass is 777 g/mol. The molecule has 5 rings (SSSR count). The van der Waals surface area contributed by atoms with E-state index in [0.29, 0.717) is 0 Å². The van der Waals surface area contributed by atoms with E-state index in [1.54, 1.807) is 0 Å². The molecule has 2 aliphatic heterocycles. The van der Waals surface area contributed by atoms with Crippen molar-refractivity contribution < 1.29 is 86.5 Å². The molecule has 19 nitrogen and oxygen atoms in total. The van der Waals surface area contributed by atoms with Crippen LogP contribution in [0.25, 0.3) is 0 Å². The highest BCUT2D eigenvalue weighted by Crippen LogP contribution is 2.69. The quantitative estimate of drug-likeness (QED) is 0.275. The number of ketones is 1. The number of rotatable bonds is 6. The average Bonchev–Trinajstić information content (AvgIpc) is 3.30. The normalized spacial score (nSPS) is 38.2. The van der Waals surface area contributed by atoms with Crippen molar-refractivity contribution in [3.8, 4) is 0 Å². The number of fused-ring (bicyclic) bond motifs is 5. The van der Waals surface area contributed by atoms with Crippen molar-refractivity contribution in [2.24, 2.45) is 11.3 Å². The fourth-order valence-corrected chi connectivity index (χ4v) is 8.62. The molecule has 4 bridgehead atoms. The molecular formula is C36H43NO18. The Balaban J connectivity index is 1.96. The number of carbonyl (C=O) groups excluding carboxylic acids is 8. The Hall–Kier alpha value is -5.01. The lowest BCUT2D eigenvalue weighted by Gasteiger charge is -2.66. The van der Waals surface area contributed by atoms with Crippen molar-refractivity contribution in [2.45, 2.75) is 121 Å². The van der Waals surface area contributed by atoms with E-state index >= 15 is 4.79 Å². The summed E-state index contributed by atoms with van der Waals surface area (Å²) in [5.41, 5.74) is -12.9. The van der Waals surface area contributed by atoms with Crippen LogP contribution in [0.1, 0.15) is 77.7 Å². The Kier molecular flexibility index (Phi) is 10.7. The van der Waals surface area contributed by atoms with Gasteiger partial charge in [-0.3, -0.25) is 33.8 Å². The number of carbonyl (C=O) groups is 8. The number of cyclic esters (lactones) is 1. The standard InChI is InChI=1S/C36H43NO18/c1-16(38)48-15-35-27(52-19(4)41)24(43)23-26(51-18(3)40)36(35)34(8,47)28(25(50-17(2)39)29(35)53-20(5)42)54-31(45)32(6,46)11-9-21-10-12-37-13-22(21)30(44)49-14-33(23,7)55-36/h10,12-13,23,25-29,46-47H,9,11,14-15H2,1-8H3/t23-,25+,26-,27-,28+,29+,32?,33+,34+,35-,36+/m1/s1. The topological polar surface area (TPSA) is 264 Å². The molecule has 0 amide bonds. The molecule has 19 heteroatoms. The summed E-state index contributed by atoms with van der Waals surface area (Å²) < 4.78 is 46.8. The Morgan fingerprint density at radius 1 is 0.855 bits per heavy atom. The molecule has 0 aromatic carbocycles. The predicted octanol–water partition coefficient (Wildman–Crippen LogP) is -0.385. The maximum absolute atomic E-state index is 15.1. The Bertz CT molecular complexity index is 1820. The molecule has 0 radical (unpaired) electrons. The molecule has 4 aliphatic rings. The molecule has 1 aromatic heterocycles. The third-order valence-electron chi connectivity index (χ3n) is 10.8. The molecule has 11 atom stereocenters. The molecule has 3 heterocycles. The van der Waals surface area contributed by atoms with Crippen LogP contribution in [-0.2, 0) is 77.9 Å². The van der Waals surface area contributed by atoms with Gasteiger partial charge in [-0.1, -0.05) is 0 Å². The first kappa shape index (κ1) is 41.2. The molecular weight excluding hydrogens is 734 g/mol. The third kappa shape index (κ3) is 6.60. The maximum Gasteiger partial charge on any atom is 0.340 e. The van der Waals surface area contributed by atoms with E-state index in [0.717, 1.165) is 48.5 Å². The van der Waals surface area contributed by atoms with Crippen LogP contribution in [0.5, 0.6) is 0 Å². The zero-order valence-electron chi connectivity index (χ0n) is 31.4. The van der Waals surface area contributed by atoms with Crippen LogP contribution in [0.4, 0.5) is 0 Å². The third-order valence-corrected chi connectivity index (χ3v) is 10.8. The smallest absolute Gasteiger partial charge is 0.340 e.